The van der Waals surface area contributed by atoms with E-state index in [9.17, 15) is 4.79 Å². The van der Waals surface area contributed by atoms with Gasteiger partial charge in [-0.1, -0.05) is 48.5 Å². The molecule has 2 heterocycles. The summed E-state index contributed by atoms with van der Waals surface area (Å²) in [6.07, 6.45) is 0.929. The monoisotopic (exact) mass is 417 g/mol. The first kappa shape index (κ1) is 19.1. The number of amides is 1. The first-order valence-corrected chi connectivity index (χ1v) is 11.3. The van der Waals surface area contributed by atoms with Crippen molar-refractivity contribution < 1.29 is 14.3 Å². The van der Waals surface area contributed by atoms with Crippen molar-refractivity contribution in [1.82, 2.24) is 4.90 Å². The minimum absolute atomic E-state index is 0.113. The molecule has 0 bridgehead atoms. The number of hydrogen-bond acceptors (Lipinski definition) is 4. The van der Waals surface area contributed by atoms with Gasteiger partial charge in [0.05, 0.1) is 0 Å². The predicted molar refractivity (Wildman–Crippen MR) is 120 cm³/mol. The normalized spacial score (nSPS) is 18.1. The Labute approximate surface area is 180 Å². The molecule has 1 amide bonds. The van der Waals surface area contributed by atoms with Gasteiger partial charge in [-0.2, -0.15) is 11.8 Å². The highest BCUT2D eigenvalue weighted by Gasteiger charge is 2.24. The van der Waals surface area contributed by atoms with Crippen molar-refractivity contribution in [1.29, 1.82) is 0 Å². The predicted octanol–water partition coefficient (Wildman–Crippen LogP) is 5.40. The van der Waals surface area contributed by atoms with Crippen LogP contribution in [0.1, 0.15) is 27.6 Å². The Hall–Kier alpha value is -2.92. The lowest BCUT2D eigenvalue weighted by Crippen LogP contribution is -2.32. The maximum Gasteiger partial charge on any atom is 0.253 e. The van der Waals surface area contributed by atoms with Crippen molar-refractivity contribution in [3.8, 4) is 22.6 Å². The Bertz CT molecular complexity index is 1040. The highest BCUT2D eigenvalue weighted by Crippen LogP contribution is 2.40. The fourth-order valence-corrected chi connectivity index (χ4v) is 5.19. The van der Waals surface area contributed by atoms with Gasteiger partial charge in [-0.15, -0.1) is 0 Å². The maximum absolute atomic E-state index is 13.1. The number of benzene rings is 3. The molecule has 5 rings (SSSR count). The highest BCUT2D eigenvalue weighted by molar-refractivity contribution is 7.99. The molecule has 5 heteroatoms. The summed E-state index contributed by atoms with van der Waals surface area (Å²) in [6.45, 7) is 1.82. The van der Waals surface area contributed by atoms with E-state index in [0.29, 0.717) is 12.0 Å². The van der Waals surface area contributed by atoms with Gasteiger partial charge in [-0.05, 0) is 47.4 Å². The zero-order chi connectivity index (χ0) is 20.3. The van der Waals surface area contributed by atoms with Crippen molar-refractivity contribution in [3.63, 3.8) is 0 Å². The van der Waals surface area contributed by atoms with Gasteiger partial charge in [-0.3, -0.25) is 4.79 Å². The molecule has 1 fully saturated rings. The summed E-state index contributed by atoms with van der Waals surface area (Å²) in [6, 6.07) is 24.4. The summed E-state index contributed by atoms with van der Waals surface area (Å²) in [7, 11) is 0. The number of rotatable bonds is 3. The van der Waals surface area contributed by atoms with Crippen LogP contribution in [0.2, 0.25) is 0 Å². The zero-order valence-electron chi connectivity index (χ0n) is 16.6. The van der Waals surface area contributed by atoms with Crippen LogP contribution in [0.15, 0.2) is 72.8 Å². The van der Waals surface area contributed by atoms with Crippen LogP contribution in [-0.4, -0.2) is 36.4 Å². The van der Waals surface area contributed by atoms with Gasteiger partial charge in [0.1, 0.15) is 0 Å². The van der Waals surface area contributed by atoms with Crippen LogP contribution < -0.4 is 9.47 Å². The van der Waals surface area contributed by atoms with E-state index in [2.05, 4.69) is 24.3 Å². The minimum Gasteiger partial charge on any atom is -0.454 e. The molecular formula is C25H23NO3S. The Kier molecular flexibility index (Phi) is 5.37. The van der Waals surface area contributed by atoms with Crippen LogP contribution >= 0.6 is 11.8 Å². The first-order valence-electron chi connectivity index (χ1n) is 10.2. The van der Waals surface area contributed by atoms with E-state index in [0.717, 1.165) is 53.5 Å². The Morgan fingerprint density at radius 1 is 0.867 bits per heavy atom. The van der Waals surface area contributed by atoms with Crippen molar-refractivity contribution >= 4 is 17.7 Å². The van der Waals surface area contributed by atoms with Crippen LogP contribution in [0.5, 0.6) is 11.5 Å². The molecule has 2 aliphatic heterocycles. The van der Waals surface area contributed by atoms with Crippen LogP contribution in [0.25, 0.3) is 11.1 Å². The van der Waals surface area contributed by atoms with Crippen LogP contribution in [0.3, 0.4) is 0 Å². The Morgan fingerprint density at radius 2 is 1.63 bits per heavy atom. The molecule has 2 aliphatic rings. The SMILES string of the molecule is O=C(c1ccc(-c2ccccc2)cc1)N1CCSC(c2ccc3c(c2)OCO3)CC1. The number of carbonyl (C=O) groups excluding carboxylic acids is 1. The molecule has 0 spiro atoms. The Morgan fingerprint density at radius 3 is 2.47 bits per heavy atom. The molecule has 30 heavy (non-hydrogen) atoms. The van der Waals surface area contributed by atoms with Crippen LogP contribution in [0, 0.1) is 0 Å². The van der Waals surface area contributed by atoms with Gasteiger partial charge in [0.2, 0.25) is 6.79 Å². The van der Waals surface area contributed by atoms with Gasteiger partial charge in [0, 0.05) is 29.7 Å². The lowest BCUT2D eigenvalue weighted by Gasteiger charge is -2.20. The summed E-state index contributed by atoms with van der Waals surface area (Å²) in [5, 5.41) is 0.359. The van der Waals surface area contributed by atoms with E-state index in [4.69, 9.17) is 9.47 Å². The summed E-state index contributed by atoms with van der Waals surface area (Å²) in [4.78, 5) is 15.1. The molecule has 1 saturated heterocycles. The van der Waals surface area contributed by atoms with E-state index in [1.807, 2.05) is 65.2 Å². The summed E-state index contributed by atoms with van der Waals surface area (Å²) < 4.78 is 10.9. The third kappa shape index (κ3) is 3.90. The number of thioether (sulfide) groups is 1. The standard InChI is InChI=1S/C25H23NO3S/c27-25(20-8-6-19(7-9-20)18-4-2-1-3-5-18)26-13-12-24(30-15-14-26)21-10-11-22-23(16-21)29-17-28-22/h1-11,16,24H,12-15,17H2. The smallest absolute Gasteiger partial charge is 0.253 e. The fourth-order valence-electron chi connectivity index (χ4n) is 3.97. The molecule has 0 aliphatic carbocycles. The second-order valence-corrected chi connectivity index (χ2v) is 8.81. The summed E-state index contributed by atoms with van der Waals surface area (Å²) in [5.41, 5.74) is 4.28. The van der Waals surface area contributed by atoms with E-state index < -0.39 is 0 Å². The molecule has 3 aromatic carbocycles. The minimum atomic E-state index is 0.113. The largest absolute Gasteiger partial charge is 0.454 e. The van der Waals surface area contributed by atoms with E-state index in [1.54, 1.807) is 0 Å². The van der Waals surface area contributed by atoms with Crippen molar-refractivity contribution in [2.24, 2.45) is 0 Å². The van der Waals surface area contributed by atoms with Crippen LogP contribution in [0.4, 0.5) is 0 Å². The van der Waals surface area contributed by atoms with Crippen molar-refractivity contribution in [2.75, 3.05) is 25.6 Å². The number of hydrogen-bond donors (Lipinski definition) is 0. The van der Waals surface area contributed by atoms with Gasteiger partial charge in [-0.25, -0.2) is 0 Å². The third-order valence-electron chi connectivity index (χ3n) is 5.64. The topological polar surface area (TPSA) is 38.8 Å². The molecule has 0 saturated carbocycles. The fraction of sp³-hybridized carbons (Fsp3) is 0.240. The molecule has 3 aromatic rings. The first-order chi connectivity index (χ1) is 14.8. The average Bonchev–Trinajstić information content (AvgIpc) is 3.14. The van der Waals surface area contributed by atoms with Gasteiger partial charge < -0.3 is 14.4 Å². The van der Waals surface area contributed by atoms with E-state index >= 15 is 0 Å². The lowest BCUT2D eigenvalue weighted by atomic mass is 10.0. The molecule has 1 unspecified atom stereocenters. The number of nitrogens with zero attached hydrogens (tertiary/aromatic N) is 1. The summed E-state index contributed by atoms with van der Waals surface area (Å²) >= 11 is 1.91. The molecule has 4 nitrogen and oxygen atoms in total. The van der Waals surface area contributed by atoms with E-state index in [1.165, 1.54) is 5.56 Å². The number of fused-ring (bicyclic) bond motifs is 1. The van der Waals surface area contributed by atoms with Crippen LogP contribution in [-0.2, 0) is 0 Å². The van der Waals surface area contributed by atoms with Gasteiger partial charge >= 0.3 is 0 Å². The van der Waals surface area contributed by atoms with Gasteiger partial charge in [0.25, 0.3) is 5.91 Å². The average molecular weight is 418 g/mol. The third-order valence-corrected chi connectivity index (χ3v) is 6.96. The highest BCUT2D eigenvalue weighted by atomic mass is 32.2. The molecule has 0 N–H and O–H groups in total. The van der Waals surface area contributed by atoms with E-state index in [-0.39, 0.29) is 5.91 Å². The molecule has 1 atom stereocenters. The number of carbonyl (C=O) groups is 1. The molecular weight excluding hydrogens is 394 g/mol. The van der Waals surface area contributed by atoms with Crippen molar-refractivity contribution in [2.45, 2.75) is 11.7 Å². The Balaban J connectivity index is 1.26. The zero-order valence-corrected chi connectivity index (χ0v) is 17.4. The molecule has 0 aromatic heterocycles. The summed E-state index contributed by atoms with van der Waals surface area (Å²) in [5.74, 6) is 2.67. The molecule has 152 valence electrons. The van der Waals surface area contributed by atoms with Gasteiger partial charge in [0.15, 0.2) is 11.5 Å². The van der Waals surface area contributed by atoms with Crippen molar-refractivity contribution in [3.05, 3.63) is 83.9 Å². The second-order valence-electron chi connectivity index (χ2n) is 7.50. The quantitative estimate of drug-likeness (QED) is 0.572. The second kappa shape index (κ2) is 8.44. The lowest BCUT2D eigenvalue weighted by molar-refractivity contribution is 0.0766. The molecule has 0 radical (unpaired) electrons. The number of ether oxygens (including phenoxy) is 2. The maximum atomic E-state index is 13.1.